The predicted octanol–water partition coefficient (Wildman–Crippen LogP) is 3.36. The van der Waals surface area contributed by atoms with Crippen LogP contribution in [0.25, 0.3) is 0 Å². The van der Waals surface area contributed by atoms with Gasteiger partial charge in [0.25, 0.3) is 0 Å². The van der Waals surface area contributed by atoms with E-state index in [9.17, 15) is 0 Å². The third kappa shape index (κ3) is 4.59. The average Bonchev–Trinajstić information content (AvgIpc) is 3.34. The van der Waals surface area contributed by atoms with Crippen LogP contribution in [-0.4, -0.2) is 30.8 Å². The fourth-order valence-electron chi connectivity index (χ4n) is 3.27. The number of hydrogen-bond donors (Lipinski definition) is 1. The topological polar surface area (TPSA) is 43.4 Å². The van der Waals surface area contributed by atoms with Crippen molar-refractivity contribution in [1.29, 1.82) is 0 Å². The molecule has 0 bridgehead atoms. The van der Waals surface area contributed by atoms with Gasteiger partial charge in [0, 0.05) is 12.2 Å². The van der Waals surface area contributed by atoms with Crippen LogP contribution in [0.15, 0.2) is 48.8 Å². The van der Waals surface area contributed by atoms with Gasteiger partial charge in [-0.3, -0.25) is 4.98 Å². The van der Waals surface area contributed by atoms with E-state index in [2.05, 4.69) is 40.6 Å². The van der Waals surface area contributed by atoms with Crippen molar-refractivity contribution in [2.45, 2.75) is 38.3 Å². The number of pyridine rings is 1. The fourth-order valence-corrected chi connectivity index (χ4v) is 3.27. The Morgan fingerprint density at radius 2 is 1.96 bits per heavy atom. The van der Waals surface area contributed by atoms with Crippen LogP contribution < -0.4 is 10.1 Å². The molecular weight excluding hydrogens is 312 g/mol. The molecule has 0 radical (unpaired) electrons. The molecule has 2 aromatic rings. The van der Waals surface area contributed by atoms with Gasteiger partial charge in [0.05, 0.1) is 19.4 Å². The molecule has 2 heterocycles. The minimum absolute atomic E-state index is 0.296. The molecule has 1 aromatic carbocycles. The summed E-state index contributed by atoms with van der Waals surface area (Å²) in [5.74, 6) is 0.882. The first-order chi connectivity index (χ1) is 12.3. The highest BCUT2D eigenvalue weighted by molar-refractivity contribution is 5.25. The Labute approximate surface area is 149 Å². The van der Waals surface area contributed by atoms with Gasteiger partial charge in [-0.15, -0.1) is 0 Å². The molecule has 1 N–H and O–H groups in total. The van der Waals surface area contributed by atoms with E-state index < -0.39 is 0 Å². The van der Waals surface area contributed by atoms with Gasteiger partial charge in [-0.1, -0.05) is 30.3 Å². The molecule has 4 nitrogen and oxygen atoms in total. The lowest BCUT2D eigenvalue weighted by molar-refractivity contribution is 0.0779. The molecule has 0 unspecified atom stereocenters. The van der Waals surface area contributed by atoms with Crippen LogP contribution in [0.1, 0.15) is 30.4 Å². The second kappa shape index (κ2) is 7.54. The number of aromatic nitrogens is 1. The van der Waals surface area contributed by atoms with Crippen molar-refractivity contribution in [3.8, 4) is 5.75 Å². The van der Waals surface area contributed by atoms with E-state index in [1.807, 2.05) is 18.5 Å². The molecule has 4 rings (SSSR count). The highest BCUT2D eigenvalue weighted by Gasteiger charge is 2.42. The zero-order valence-electron chi connectivity index (χ0n) is 14.6. The zero-order valence-corrected chi connectivity index (χ0v) is 14.6. The molecule has 25 heavy (non-hydrogen) atoms. The van der Waals surface area contributed by atoms with Crippen LogP contribution >= 0.6 is 0 Å². The Bertz CT molecular complexity index is 681. The third-order valence-electron chi connectivity index (χ3n) is 5.20. The van der Waals surface area contributed by atoms with E-state index in [0.717, 1.165) is 31.9 Å². The summed E-state index contributed by atoms with van der Waals surface area (Å²) in [4.78, 5) is 4.36. The molecule has 1 saturated heterocycles. The summed E-state index contributed by atoms with van der Waals surface area (Å²) >= 11 is 0. The molecule has 1 aliphatic carbocycles. The average molecular weight is 338 g/mol. The standard InChI is InChI=1S/C21H26N2O2/c1-2-4-17(5-3-1)14-24-16-21(7-8-21)11-18-10-20(13-22-12-18)25-15-19-6-9-23-19/h1-5,10,12-13,19,23H,6-9,11,14-16H2/t19-/m0/s1. The molecule has 1 aromatic heterocycles. The SMILES string of the molecule is c1ccc(COCC2(Cc3cncc(OC[C@@H]4CCN4)c3)CC2)cc1. The molecule has 4 heteroatoms. The summed E-state index contributed by atoms with van der Waals surface area (Å²) in [6, 6.07) is 13.0. The molecule has 2 aliphatic rings. The van der Waals surface area contributed by atoms with Gasteiger partial charge in [-0.2, -0.15) is 0 Å². The highest BCUT2D eigenvalue weighted by Crippen LogP contribution is 2.48. The normalized spacial score (nSPS) is 20.7. The third-order valence-corrected chi connectivity index (χ3v) is 5.20. The van der Waals surface area contributed by atoms with E-state index >= 15 is 0 Å². The number of benzene rings is 1. The predicted molar refractivity (Wildman–Crippen MR) is 97.6 cm³/mol. The van der Waals surface area contributed by atoms with E-state index in [-0.39, 0.29) is 0 Å². The summed E-state index contributed by atoms with van der Waals surface area (Å²) in [5, 5.41) is 3.35. The smallest absolute Gasteiger partial charge is 0.137 e. The number of rotatable bonds is 9. The number of nitrogens with zero attached hydrogens (tertiary/aromatic N) is 1. The highest BCUT2D eigenvalue weighted by atomic mass is 16.5. The van der Waals surface area contributed by atoms with Crippen LogP contribution in [0.4, 0.5) is 0 Å². The van der Waals surface area contributed by atoms with Crippen LogP contribution in [-0.2, 0) is 17.8 Å². The molecule has 1 atom stereocenters. The van der Waals surface area contributed by atoms with Gasteiger partial charge >= 0.3 is 0 Å². The molecule has 1 aliphatic heterocycles. The van der Waals surface area contributed by atoms with Crippen molar-refractivity contribution in [3.63, 3.8) is 0 Å². The minimum atomic E-state index is 0.296. The van der Waals surface area contributed by atoms with Gasteiger partial charge < -0.3 is 14.8 Å². The largest absolute Gasteiger partial charge is 0.490 e. The Balaban J connectivity index is 1.27. The Morgan fingerprint density at radius 3 is 2.68 bits per heavy atom. The second-order valence-corrected chi connectivity index (χ2v) is 7.43. The van der Waals surface area contributed by atoms with Crippen LogP contribution in [0.3, 0.4) is 0 Å². The first-order valence-electron chi connectivity index (χ1n) is 9.23. The quantitative estimate of drug-likeness (QED) is 0.761. The maximum Gasteiger partial charge on any atom is 0.137 e. The Morgan fingerprint density at radius 1 is 1.12 bits per heavy atom. The van der Waals surface area contributed by atoms with Gasteiger partial charge in [-0.05, 0) is 54.8 Å². The number of hydrogen-bond acceptors (Lipinski definition) is 4. The van der Waals surface area contributed by atoms with E-state index in [0.29, 0.717) is 18.1 Å². The van der Waals surface area contributed by atoms with Gasteiger partial charge in [-0.25, -0.2) is 0 Å². The number of nitrogens with one attached hydrogen (secondary N) is 1. The fraction of sp³-hybridized carbons (Fsp3) is 0.476. The van der Waals surface area contributed by atoms with Gasteiger partial charge in [0.2, 0.25) is 0 Å². The molecule has 2 fully saturated rings. The first kappa shape index (κ1) is 16.6. The molecule has 132 valence electrons. The van der Waals surface area contributed by atoms with E-state index in [1.165, 1.54) is 30.4 Å². The molecule has 1 saturated carbocycles. The minimum Gasteiger partial charge on any atom is -0.490 e. The number of ether oxygens (including phenoxy) is 2. The lowest BCUT2D eigenvalue weighted by atomic mass is 9.98. The summed E-state index contributed by atoms with van der Waals surface area (Å²) < 4.78 is 11.9. The van der Waals surface area contributed by atoms with Crippen molar-refractivity contribution in [1.82, 2.24) is 10.3 Å². The summed E-state index contributed by atoms with van der Waals surface area (Å²) in [6.45, 7) is 3.35. The Hall–Kier alpha value is -1.91. The second-order valence-electron chi connectivity index (χ2n) is 7.43. The van der Waals surface area contributed by atoms with Crippen LogP contribution in [0.2, 0.25) is 0 Å². The maximum absolute atomic E-state index is 5.99. The molecular formula is C21H26N2O2. The van der Waals surface area contributed by atoms with Crippen molar-refractivity contribution < 1.29 is 9.47 Å². The van der Waals surface area contributed by atoms with Crippen LogP contribution in [0.5, 0.6) is 5.75 Å². The summed E-state index contributed by atoms with van der Waals surface area (Å²) in [6.07, 6.45) is 8.47. The van der Waals surface area contributed by atoms with Crippen LogP contribution in [0, 0.1) is 5.41 Å². The lowest BCUT2D eigenvalue weighted by Gasteiger charge is -2.27. The summed E-state index contributed by atoms with van der Waals surface area (Å²) in [7, 11) is 0. The van der Waals surface area contributed by atoms with Crippen molar-refractivity contribution in [2.24, 2.45) is 5.41 Å². The monoisotopic (exact) mass is 338 g/mol. The summed E-state index contributed by atoms with van der Waals surface area (Å²) in [5.41, 5.74) is 2.78. The zero-order chi connectivity index (χ0) is 17.0. The van der Waals surface area contributed by atoms with E-state index in [4.69, 9.17) is 9.47 Å². The first-order valence-corrected chi connectivity index (χ1v) is 9.23. The molecule has 0 spiro atoms. The van der Waals surface area contributed by atoms with E-state index in [1.54, 1.807) is 0 Å². The lowest BCUT2D eigenvalue weighted by Crippen LogP contribution is -2.46. The molecule has 0 amide bonds. The van der Waals surface area contributed by atoms with Crippen molar-refractivity contribution >= 4 is 0 Å². The maximum atomic E-state index is 5.99. The van der Waals surface area contributed by atoms with Crippen molar-refractivity contribution in [3.05, 3.63) is 59.9 Å². The Kier molecular flexibility index (Phi) is 4.99. The van der Waals surface area contributed by atoms with Gasteiger partial charge in [0.1, 0.15) is 12.4 Å². The van der Waals surface area contributed by atoms with Crippen molar-refractivity contribution in [2.75, 3.05) is 19.8 Å². The van der Waals surface area contributed by atoms with Gasteiger partial charge in [0.15, 0.2) is 0 Å².